The van der Waals surface area contributed by atoms with E-state index in [4.69, 9.17) is 9.84 Å². The molecule has 0 radical (unpaired) electrons. The number of carboxylic acid groups (broad SMARTS) is 1. The summed E-state index contributed by atoms with van der Waals surface area (Å²) in [5, 5.41) is 38.5. The van der Waals surface area contributed by atoms with Crippen molar-refractivity contribution in [2.75, 3.05) is 0 Å². The molecule has 0 unspecified atom stereocenters. The highest BCUT2D eigenvalue weighted by atomic mass is 16.5. The second kappa shape index (κ2) is 14.3. The first-order valence-electron chi connectivity index (χ1n) is 9.98. The van der Waals surface area contributed by atoms with Crippen LogP contribution in [0.1, 0.15) is 51.9 Å². The molecule has 1 rings (SSSR count). The minimum absolute atomic E-state index is 0.0868. The van der Waals surface area contributed by atoms with Crippen LogP contribution in [-0.2, 0) is 9.53 Å². The first kappa shape index (κ1) is 24.3. The molecule has 0 saturated carbocycles. The van der Waals surface area contributed by atoms with E-state index in [9.17, 15) is 20.1 Å². The standard InChI is InChI=1S/C22H34O6/c1-2-3-4-5-6-7-8-9-10-11-20-19(25)16-21(28-20)18(24)14-12-17(23)13-15-22(26)27/h3-4,6-7,9-10,12,14,17-21,23-25H,2,5,8,11,13,15-16H2,1H3,(H,26,27)/b4-3-,7-6-,10-9-,14-12+/t17-,18+,19+,20-,21+/m1/s1. The molecular formula is C22H34O6. The molecule has 5 atom stereocenters. The Morgan fingerprint density at radius 2 is 1.71 bits per heavy atom. The maximum absolute atomic E-state index is 10.5. The smallest absolute Gasteiger partial charge is 0.303 e. The number of aliphatic carboxylic acids is 1. The summed E-state index contributed by atoms with van der Waals surface area (Å²) < 4.78 is 5.73. The van der Waals surface area contributed by atoms with Gasteiger partial charge in [0.15, 0.2) is 0 Å². The lowest BCUT2D eigenvalue weighted by atomic mass is 10.0. The van der Waals surface area contributed by atoms with Gasteiger partial charge in [0.25, 0.3) is 0 Å². The molecule has 4 N–H and O–H groups in total. The third kappa shape index (κ3) is 10.6. The summed E-state index contributed by atoms with van der Waals surface area (Å²) in [5.74, 6) is -0.977. The zero-order valence-electron chi connectivity index (χ0n) is 16.6. The number of carbonyl (C=O) groups is 1. The van der Waals surface area contributed by atoms with Crippen molar-refractivity contribution in [1.29, 1.82) is 0 Å². The molecule has 1 saturated heterocycles. The summed E-state index contributed by atoms with van der Waals surface area (Å²) >= 11 is 0. The Labute approximate surface area is 167 Å². The van der Waals surface area contributed by atoms with Gasteiger partial charge in [-0.25, -0.2) is 0 Å². The fourth-order valence-electron chi connectivity index (χ4n) is 2.87. The van der Waals surface area contributed by atoms with Gasteiger partial charge in [-0.1, -0.05) is 55.5 Å². The molecule has 6 heteroatoms. The lowest BCUT2D eigenvalue weighted by molar-refractivity contribution is -0.137. The van der Waals surface area contributed by atoms with E-state index in [1.54, 1.807) is 0 Å². The van der Waals surface area contributed by atoms with Gasteiger partial charge < -0.3 is 25.2 Å². The fourth-order valence-corrected chi connectivity index (χ4v) is 2.87. The molecule has 1 heterocycles. The number of allylic oxidation sites excluding steroid dienone is 5. The van der Waals surface area contributed by atoms with Crippen LogP contribution in [0, 0.1) is 0 Å². The van der Waals surface area contributed by atoms with Crippen LogP contribution in [0.3, 0.4) is 0 Å². The van der Waals surface area contributed by atoms with Gasteiger partial charge in [-0.3, -0.25) is 4.79 Å². The largest absolute Gasteiger partial charge is 0.481 e. The molecule has 0 aromatic rings. The molecule has 28 heavy (non-hydrogen) atoms. The average molecular weight is 395 g/mol. The van der Waals surface area contributed by atoms with Crippen LogP contribution in [0.15, 0.2) is 48.6 Å². The molecule has 1 aliphatic rings. The van der Waals surface area contributed by atoms with Crippen LogP contribution in [0.4, 0.5) is 0 Å². The molecule has 1 fully saturated rings. The second-order valence-corrected chi connectivity index (χ2v) is 6.92. The van der Waals surface area contributed by atoms with Gasteiger partial charge in [0, 0.05) is 12.8 Å². The molecule has 158 valence electrons. The number of carboxylic acids is 1. The highest BCUT2D eigenvalue weighted by Crippen LogP contribution is 2.26. The molecule has 0 aromatic heterocycles. The summed E-state index contributed by atoms with van der Waals surface area (Å²) in [6.45, 7) is 2.11. The van der Waals surface area contributed by atoms with Gasteiger partial charge in [0.05, 0.1) is 30.5 Å². The zero-order valence-corrected chi connectivity index (χ0v) is 16.6. The van der Waals surface area contributed by atoms with Crippen LogP contribution in [0.25, 0.3) is 0 Å². The molecule has 0 spiro atoms. The van der Waals surface area contributed by atoms with E-state index in [1.807, 2.05) is 12.2 Å². The Morgan fingerprint density at radius 1 is 1.07 bits per heavy atom. The van der Waals surface area contributed by atoms with Crippen molar-refractivity contribution in [2.45, 2.75) is 82.4 Å². The Kier molecular flexibility index (Phi) is 12.4. The van der Waals surface area contributed by atoms with Gasteiger partial charge in [-0.2, -0.15) is 0 Å². The molecule has 1 aliphatic heterocycles. The highest BCUT2D eigenvalue weighted by molar-refractivity contribution is 5.66. The van der Waals surface area contributed by atoms with Crippen molar-refractivity contribution < 1.29 is 30.0 Å². The predicted octanol–water partition coefficient (Wildman–Crippen LogP) is 2.90. The number of aliphatic hydroxyl groups is 3. The number of hydrogen-bond acceptors (Lipinski definition) is 5. The maximum atomic E-state index is 10.5. The summed E-state index contributed by atoms with van der Waals surface area (Å²) in [7, 11) is 0. The van der Waals surface area contributed by atoms with Crippen LogP contribution in [-0.4, -0.2) is 56.9 Å². The Bertz CT molecular complexity index is 551. The van der Waals surface area contributed by atoms with Gasteiger partial charge in [0.1, 0.15) is 0 Å². The Morgan fingerprint density at radius 3 is 2.36 bits per heavy atom. The number of hydrogen-bond donors (Lipinski definition) is 4. The average Bonchev–Trinajstić information content (AvgIpc) is 3.03. The first-order valence-corrected chi connectivity index (χ1v) is 9.98. The highest BCUT2D eigenvalue weighted by Gasteiger charge is 2.36. The minimum Gasteiger partial charge on any atom is -0.481 e. The van der Waals surface area contributed by atoms with Crippen molar-refractivity contribution in [2.24, 2.45) is 0 Å². The van der Waals surface area contributed by atoms with Crippen LogP contribution >= 0.6 is 0 Å². The van der Waals surface area contributed by atoms with Gasteiger partial charge in [-0.15, -0.1) is 0 Å². The third-order valence-corrected chi connectivity index (χ3v) is 4.47. The Balaban J connectivity index is 2.32. The normalized spacial score (nSPS) is 25.5. The van der Waals surface area contributed by atoms with Gasteiger partial charge in [-0.05, 0) is 32.1 Å². The maximum Gasteiger partial charge on any atom is 0.303 e. The van der Waals surface area contributed by atoms with E-state index < -0.39 is 30.4 Å². The van der Waals surface area contributed by atoms with E-state index in [-0.39, 0.29) is 18.9 Å². The number of aliphatic hydroxyl groups excluding tert-OH is 3. The number of ether oxygens (including phenoxy) is 1. The van der Waals surface area contributed by atoms with Crippen molar-refractivity contribution >= 4 is 5.97 Å². The number of rotatable bonds is 13. The monoisotopic (exact) mass is 394 g/mol. The van der Waals surface area contributed by atoms with Gasteiger partial charge in [0.2, 0.25) is 0 Å². The lowest BCUT2D eigenvalue weighted by Crippen LogP contribution is -2.24. The van der Waals surface area contributed by atoms with Crippen LogP contribution < -0.4 is 0 Å². The van der Waals surface area contributed by atoms with Crippen molar-refractivity contribution in [3.63, 3.8) is 0 Å². The van der Waals surface area contributed by atoms with Crippen LogP contribution in [0.5, 0.6) is 0 Å². The topological polar surface area (TPSA) is 107 Å². The SMILES string of the molecule is CC/C=C\C/C=C\C/C=C\C[C@H]1O[C@H]([C@@H](O)/C=C/[C@@H](O)CCC(=O)O)C[C@@H]1O. The summed E-state index contributed by atoms with van der Waals surface area (Å²) in [5.41, 5.74) is 0. The summed E-state index contributed by atoms with van der Waals surface area (Å²) in [6.07, 6.45) is 15.5. The van der Waals surface area contributed by atoms with E-state index >= 15 is 0 Å². The predicted molar refractivity (Wildman–Crippen MR) is 109 cm³/mol. The Hall–Kier alpha value is -1.73. The fraction of sp³-hybridized carbons (Fsp3) is 0.591. The van der Waals surface area contributed by atoms with E-state index in [0.717, 1.165) is 19.3 Å². The molecule has 0 aliphatic carbocycles. The second-order valence-electron chi connectivity index (χ2n) is 6.92. The summed E-state index contributed by atoms with van der Waals surface area (Å²) in [4.78, 5) is 10.5. The first-order chi connectivity index (χ1) is 13.4. The van der Waals surface area contributed by atoms with Gasteiger partial charge >= 0.3 is 5.97 Å². The third-order valence-electron chi connectivity index (χ3n) is 4.47. The van der Waals surface area contributed by atoms with Crippen molar-refractivity contribution in [3.8, 4) is 0 Å². The van der Waals surface area contributed by atoms with E-state index in [0.29, 0.717) is 12.8 Å². The van der Waals surface area contributed by atoms with Crippen LogP contribution in [0.2, 0.25) is 0 Å². The quantitative estimate of drug-likeness (QED) is 0.358. The minimum atomic E-state index is -0.977. The molecule has 6 nitrogen and oxygen atoms in total. The van der Waals surface area contributed by atoms with Crippen molar-refractivity contribution in [1.82, 2.24) is 0 Å². The zero-order chi connectivity index (χ0) is 20.8. The van der Waals surface area contributed by atoms with E-state index in [2.05, 4.69) is 31.2 Å². The van der Waals surface area contributed by atoms with E-state index in [1.165, 1.54) is 12.2 Å². The molecular weight excluding hydrogens is 360 g/mol. The molecule has 0 aromatic carbocycles. The summed E-state index contributed by atoms with van der Waals surface area (Å²) in [6, 6.07) is 0. The van der Waals surface area contributed by atoms with Crippen molar-refractivity contribution in [3.05, 3.63) is 48.6 Å². The molecule has 0 amide bonds. The molecule has 0 bridgehead atoms. The lowest BCUT2D eigenvalue weighted by Gasteiger charge is -2.16.